The highest BCUT2D eigenvalue weighted by Gasteiger charge is 2.07. The minimum Gasteiger partial charge on any atom is -0.398 e. The van der Waals surface area contributed by atoms with Crippen LogP contribution in [0.5, 0.6) is 0 Å². The Morgan fingerprint density at radius 1 is 1.24 bits per heavy atom. The minimum absolute atomic E-state index is 0.110. The van der Waals surface area contributed by atoms with E-state index in [1.54, 1.807) is 30.3 Å². The zero-order valence-corrected chi connectivity index (χ0v) is 13.2. The Bertz CT molecular complexity index is 892. The molecular formula is C15H11BrClN3O. The fourth-order valence-electron chi connectivity index (χ4n) is 2.14. The molecule has 2 N–H and O–H groups in total. The Hall–Kier alpha value is -1.85. The topological polar surface area (TPSA) is 60.9 Å². The van der Waals surface area contributed by atoms with E-state index < -0.39 is 0 Å². The van der Waals surface area contributed by atoms with E-state index in [0.717, 1.165) is 10.0 Å². The van der Waals surface area contributed by atoms with Crippen LogP contribution in [0.4, 0.5) is 5.69 Å². The van der Waals surface area contributed by atoms with E-state index in [2.05, 4.69) is 20.9 Å². The maximum absolute atomic E-state index is 12.5. The molecule has 106 valence electrons. The lowest BCUT2D eigenvalue weighted by atomic mass is 10.2. The largest absolute Gasteiger partial charge is 0.398 e. The number of benzene rings is 2. The zero-order valence-electron chi connectivity index (χ0n) is 10.9. The number of anilines is 1. The van der Waals surface area contributed by atoms with Crippen molar-refractivity contribution in [2.45, 2.75) is 6.54 Å². The molecule has 2 aromatic carbocycles. The molecule has 3 rings (SSSR count). The molecule has 0 aliphatic heterocycles. The fourth-order valence-corrected chi connectivity index (χ4v) is 2.69. The molecule has 0 aliphatic rings. The van der Waals surface area contributed by atoms with E-state index >= 15 is 0 Å². The molecule has 0 fully saturated rings. The maximum Gasteiger partial charge on any atom is 0.261 e. The van der Waals surface area contributed by atoms with Crippen molar-refractivity contribution < 1.29 is 0 Å². The van der Waals surface area contributed by atoms with Gasteiger partial charge in [-0.3, -0.25) is 9.36 Å². The molecule has 0 radical (unpaired) electrons. The number of nitrogen functional groups attached to an aromatic ring is 1. The predicted molar refractivity (Wildman–Crippen MR) is 88.7 cm³/mol. The van der Waals surface area contributed by atoms with Gasteiger partial charge in [-0.1, -0.05) is 27.5 Å². The Morgan fingerprint density at radius 3 is 2.86 bits per heavy atom. The number of nitrogens with zero attached hydrogens (tertiary/aromatic N) is 2. The zero-order chi connectivity index (χ0) is 15.0. The number of fused-ring (bicyclic) bond motifs is 1. The number of aromatic nitrogens is 2. The van der Waals surface area contributed by atoms with Crippen LogP contribution in [0.25, 0.3) is 10.9 Å². The summed E-state index contributed by atoms with van der Waals surface area (Å²) in [5, 5.41) is 1.15. The highest BCUT2D eigenvalue weighted by Crippen LogP contribution is 2.19. The quantitative estimate of drug-likeness (QED) is 0.709. The Kier molecular flexibility index (Phi) is 3.69. The smallest absolute Gasteiger partial charge is 0.261 e. The minimum atomic E-state index is -0.110. The first-order valence-electron chi connectivity index (χ1n) is 6.23. The van der Waals surface area contributed by atoms with Crippen LogP contribution in [0.1, 0.15) is 5.56 Å². The normalized spacial score (nSPS) is 11.0. The van der Waals surface area contributed by atoms with Gasteiger partial charge < -0.3 is 5.73 Å². The first kappa shape index (κ1) is 14.1. The molecule has 0 saturated carbocycles. The van der Waals surface area contributed by atoms with E-state index in [9.17, 15) is 4.79 Å². The number of nitrogens with two attached hydrogens (primary N) is 1. The number of hydrogen-bond acceptors (Lipinski definition) is 3. The number of hydrogen-bond donors (Lipinski definition) is 1. The van der Waals surface area contributed by atoms with Gasteiger partial charge in [-0.2, -0.15) is 0 Å². The van der Waals surface area contributed by atoms with Gasteiger partial charge in [0, 0.05) is 15.2 Å². The van der Waals surface area contributed by atoms with Crippen LogP contribution < -0.4 is 11.3 Å². The van der Waals surface area contributed by atoms with Crippen molar-refractivity contribution in [1.29, 1.82) is 0 Å². The van der Waals surface area contributed by atoms with E-state index in [1.807, 2.05) is 6.07 Å². The summed E-state index contributed by atoms with van der Waals surface area (Å²) < 4.78 is 2.37. The molecular weight excluding hydrogens is 354 g/mol. The molecule has 3 aromatic rings. The van der Waals surface area contributed by atoms with Crippen molar-refractivity contribution in [2.75, 3.05) is 5.73 Å². The molecule has 0 aliphatic carbocycles. The second kappa shape index (κ2) is 5.50. The lowest BCUT2D eigenvalue weighted by Gasteiger charge is -2.09. The number of rotatable bonds is 2. The molecule has 21 heavy (non-hydrogen) atoms. The van der Waals surface area contributed by atoms with Crippen LogP contribution >= 0.6 is 27.5 Å². The summed E-state index contributed by atoms with van der Waals surface area (Å²) in [5.74, 6) is 0. The summed E-state index contributed by atoms with van der Waals surface area (Å²) in [5.41, 5.74) is 7.87. The van der Waals surface area contributed by atoms with Crippen molar-refractivity contribution in [3.63, 3.8) is 0 Å². The van der Waals surface area contributed by atoms with Gasteiger partial charge in [0.05, 0.1) is 23.8 Å². The molecule has 1 aromatic heterocycles. The summed E-state index contributed by atoms with van der Waals surface area (Å²) in [6, 6.07) is 10.6. The third-order valence-electron chi connectivity index (χ3n) is 3.23. The third kappa shape index (κ3) is 2.80. The maximum atomic E-state index is 12.5. The van der Waals surface area contributed by atoms with Crippen LogP contribution in [-0.4, -0.2) is 9.55 Å². The van der Waals surface area contributed by atoms with Crippen LogP contribution in [0, 0.1) is 0 Å². The molecule has 0 saturated heterocycles. The van der Waals surface area contributed by atoms with E-state index in [1.165, 1.54) is 10.9 Å². The monoisotopic (exact) mass is 363 g/mol. The SMILES string of the molecule is Nc1ccc(Cl)cc1Cn1cnc2ccc(Br)cc2c1=O. The third-order valence-corrected chi connectivity index (χ3v) is 3.96. The van der Waals surface area contributed by atoms with Crippen molar-refractivity contribution >= 4 is 44.1 Å². The molecule has 6 heteroatoms. The van der Waals surface area contributed by atoms with Gasteiger partial charge in [-0.05, 0) is 42.0 Å². The highest BCUT2D eigenvalue weighted by atomic mass is 79.9. The number of halogens is 2. The van der Waals surface area contributed by atoms with Crippen LogP contribution in [0.15, 0.2) is 52.0 Å². The second-order valence-corrected chi connectivity index (χ2v) is 6.03. The average Bonchev–Trinajstić information content (AvgIpc) is 2.46. The molecule has 0 spiro atoms. The highest BCUT2D eigenvalue weighted by molar-refractivity contribution is 9.10. The van der Waals surface area contributed by atoms with E-state index in [0.29, 0.717) is 28.2 Å². The molecule has 1 heterocycles. The van der Waals surface area contributed by atoms with Gasteiger partial charge in [0.1, 0.15) is 0 Å². The summed E-state index contributed by atoms with van der Waals surface area (Å²) >= 11 is 9.34. The summed E-state index contributed by atoms with van der Waals surface area (Å²) in [6.07, 6.45) is 1.53. The van der Waals surface area contributed by atoms with Gasteiger partial charge in [0.15, 0.2) is 0 Å². The van der Waals surface area contributed by atoms with Gasteiger partial charge in [0.2, 0.25) is 0 Å². The van der Waals surface area contributed by atoms with Crippen LogP contribution in [0.3, 0.4) is 0 Å². The van der Waals surface area contributed by atoms with Gasteiger partial charge in [0.25, 0.3) is 5.56 Å². The molecule has 0 unspecified atom stereocenters. The lowest BCUT2D eigenvalue weighted by Crippen LogP contribution is -2.21. The van der Waals surface area contributed by atoms with Crippen molar-refractivity contribution in [2.24, 2.45) is 0 Å². The first-order valence-corrected chi connectivity index (χ1v) is 7.40. The molecule has 0 bridgehead atoms. The summed E-state index contributed by atoms with van der Waals surface area (Å²) in [7, 11) is 0. The average molecular weight is 365 g/mol. The Labute approximate surface area is 134 Å². The van der Waals surface area contributed by atoms with E-state index in [-0.39, 0.29) is 5.56 Å². The molecule has 4 nitrogen and oxygen atoms in total. The first-order chi connectivity index (χ1) is 10.0. The summed E-state index contributed by atoms with van der Waals surface area (Å²) in [4.78, 5) is 16.8. The lowest BCUT2D eigenvalue weighted by molar-refractivity contribution is 0.750. The predicted octanol–water partition coefficient (Wildman–Crippen LogP) is 3.44. The second-order valence-electron chi connectivity index (χ2n) is 4.68. The van der Waals surface area contributed by atoms with E-state index in [4.69, 9.17) is 17.3 Å². The Balaban J connectivity index is 2.11. The summed E-state index contributed by atoms with van der Waals surface area (Å²) in [6.45, 7) is 0.334. The van der Waals surface area contributed by atoms with Crippen molar-refractivity contribution in [1.82, 2.24) is 9.55 Å². The van der Waals surface area contributed by atoms with Gasteiger partial charge >= 0.3 is 0 Å². The van der Waals surface area contributed by atoms with Gasteiger partial charge in [-0.25, -0.2) is 4.98 Å². The van der Waals surface area contributed by atoms with Crippen molar-refractivity contribution in [3.8, 4) is 0 Å². The fraction of sp³-hybridized carbons (Fsp3) is 0.0667. The van der Waals surface area contributed by atoms with Gasteiger partial charge in [-0.15, -0.1) is 0 Å². The standard InChI is InChI=1S/C15H11BrClN3O/c16-10-1-4-14-12(6-10)15(21)20(8-19-14)7-9-5-11(17)2-3-13(9)18/h1-6,8H,7,18H2. The molecule has 0 amide bonds. The van der Waals surface area contributed by atoms with Crippen LogP contribution in [-0.2, 0) is 6.54 Å². The molecule has 0 atom stereocenters. The van der Waals surface area contributed by atoms with Crippen molar-refractivity contribution in [3.05, 3.63) is 68.1 Å². The Morgan fingerprint density at radius 2 is 2.05 bits per heavy atom. The van der Waals surface area contributed by atoms with Crippen LogP contribution in [0.2, 0.25) is 5.02 Å².